The number of nitrogens with zero attached hydrogens (tertiary/aromatic N) is 1. The number of carbonyl (C=O) groups excluding carboxylic acids is 1. The van der Waals surface area contributed by atoms with Gasteiger partial charge in [-0.2, -0.15) is 17.9 Å². The lowest BCUT2D eigenvalue weighted by Gasteiger charge is -2.14. The van der Waals surface area contributed by atoms with Gasteiger partial charge in [0, 0.05) is 11.2 Å². The minimum absolute atomic E-state index is 0.0715. The number of carbonyl (C=O) groups is 1. The van der Waals surface area contributed by atoms with Gasteiger partial charge in [0.2, 0.25) is 0 Å². The fraction of sp³-hybridized carbons (Fsp3) is 0.143. The van der Waals surface area contributed by atoms with E-state index in [0.717, 1.165) is 21.9 Å². The van der Waals surface area contributed by atoms with Gasteiger partial charge in [-0.3, -0.25) is 9.59 Å². The number of aromatic nitrogens is 1. The number of pyridine rings is 1. The van der Waals surface area contributed by atoms with E-state index >= 15 is 0 Å². The molecule has 1 N–H and O–H groups in total. The molecule has 0 saturated heterocycles. The highest BCUT2D eigenvalue weighted by Gasteiger charge is 2.34. The Morgan fingerprint density at radius 3 is 2.60 bits per heavy atom. The van der Waals surface area contributed by atoms with Crippen molar-refractivity contribution in [2.45, 2.75) is 19.7 Å². The van der Waals surface area contributed by atoms with Gasteiger partial charge in [-0.25, -0.2) is 0 Å². The highest BCUT2D eigenvalue weighted by Crippen LogP contribution is 2.36. The zero-order valence-electron chi connectivity index (χ0n) is 15.7. The fourth-order valence-corrected chi connectivity index (χ4v) is 2.92. The Morgan fingerprint density at radius 2 is 1.90 bits per heavy atom. The van der Waals surface area contributed by atoms with Crippen LogP contribution >= 0.6 is 11.6 Å². The van der Waals surface area contributed by atoms with E-state index in [0.29, 0.717) is 6.07 Å². The molecular weight excluding hydrogens is 421 g/mol. The number of aryl methyl sites for hydroxylation is 1. The Kier molecular flexibility index (Phi) is 6.17. The molecule has 0 bridgehead atoms. The van der Waals surface area contributed by atoms with E-state index in [1.165, 1.54) is 24.4 Å². The first kappa shape index (κ1) is 21.4. The summed E-state index contributed by atoms with van der Waals surface area (Å²) in [7, 11) is 0. The maximum Gasteiger partial charge on any atom is 0.418 e. The zero-order chi connectivity index (χ0) is 21.9. The lowest BCUT2D eigenvalue weighted by Crippen LogP contribution is -2.32. The molecule has 0 saturated carbocycles. The molecule has 3 rings (SSSR count). The molecule has 30 heavy (non-hydrogen) atoms. The number of nitrogens with one attached hydrogen (secondary N) is 1. The van der Waals surface area contributed by atoms with Crippen LogP contribution in [0, 0.1) is 6.92 Å². The third kappa shape index (κ3) is 5.01. The average molecular weight is 437 g/mol. The second-order valence-corrected chi connectivity index (χ2v) is 6.89. The summed E-state index contributed by atoms with van der Waals surface area (Å²) in [5, 5.41) is 1.99. The number of hydrogen-bond acceptors (Lipinski definition) is 3. The lowest BCUT2D eigenvalue weighted by molar-refractivity contribution is -0.136. The summed E-state index contributed by atoms with van der Waals surface area (Å²) in [4.78, 5) is 30.5. The standard InChI is InChI=1S/C21H16ClF3N2O3/c1-13-4-2-5-14(10-13)12-30-27-9-3-6-16(20(27)29)19(28)26-18-8-7-15(22)11-17(18)21(23,24)25/h2-11H,12H2,1H3,(H,26,28). The molecule has 5 nitrogen and oxygen atoms in total. The van der Waals surface area contributed by atoms with Gasteiger partial charge in [0.1, 0.15) is 12.2 Å². The highest BCUT2D eigenvalue weighted by atomic mass is 35.5. The lowest BCUT2D eigenvalue weighted by atomic mass is 10.1. The number of alkyl halides is 3. The van der Waals surface area contributed by atoms with Crippen LogP contribution in [0.1, 0.15) is 27.0 Å². The Bertz CT molecular complexity index is 1140. The molecule has 156 valence electrons. The van der Waals surface area contributed by atoms with Gasteiger partial charge in [-0.05, 0) is 42.8 Å². The summed E-state index contributed by atoms with van der Waals surface area (Å²) >= 11 is 5.63. The van der Waals surface area contributed by atoms with E-state index in [1.807, 2.05) is 31.2 Å². The van der Waals surface area contributed by atoms with Gasteiger partial charge in [0.05, 0.1) is 11.3 Å². The van der Waals surface area contributed by atoms with Gasteiger partial charge < -0.3 is 10.2 Å². The minimum atomic E-state index is -4.73. The number of rotatable bonds is 5. The zero-order valence-corrected chi connectivity index (χ0v) is 16.4. The largest absolute Gasteiger partial charge is 0.418 e. The van der Waals surface area contributed by atoms with E-state index in [1.54, 1.807) is 0 Å². The van der Waals surface area contributed by atoms with Crippen LogP contribution in [-0.2, 0) is 12.8 Å². The smallest absolute Gasteiger partial charge is 0.406 e. The number of benzene rings is 2. The molecule has 0 unspecified atom stereocenters. The second kappa shape index (κ2) is 8.62. The maximum atomic E-state index is 13.2. The van der Waals surface area contributed by atoms with Crippen LogP contribution in [0.5, 0.6) is 0 Å². The summed E-state index contributed by atoms with van der Waals surface area (Å²) in [6, 6.07) is 13.0. The van der Waals surface area contributed by atoms with E-state index < -0.39 is 28.9 Å². The first-order valence-electron chi connectivity index (χ1n) is 8.74. The molecule has 0 aliphatic rings. The Balaban J connectivity index is 1.83. The van der Waals surface area contributed by atoms with Gasteiger partial charge in [0.15, 0.2) is 0 Å². The summed E-state index contributed by atoms with van der Waals surface area (Å²) in [5.41, 5.74) is -0.967. The molecule has 0 aliphatic carbocycles. The van der Waals surface area contributed by atoms with Crippen molar-refractivity contribution in [1.29, 1.82) is 0 Å². The van der Waals surface area contributed by atoms with Gasteiger partial charge in [-0.1, -0.05) is 41.4 Å². The van der Waals surface area contributed by atoms with Crippen molar-refractivity contribution in [3.8, 4) is 0 Å². The van der Waals surface area contributed by atoms with Crippen LogP contribution in [0.2, 0.25) is 5.02 Å². The van der Waals surface area contributed by atoms with E-state index in [2.05, 4.69) is 5.32 Å². The van der Waals surface area contributed by atoms with E-state index in [4.69, 9.17) is 16.4 Å². The third-order valence-corrected chi connectivity index (χ3v) is 4.38. The van der Waals surface area contributed by atoms with E-state index in [-0.39, 0.29) is 17.2 Å². The molecule has 0 fully saturated rings. The molecule has 9 heteroatoms. The highest BCUT2D eigenvalue weighted by molar-refractivity contribution is 6.30. The van der Waals surface area contributed by atoms with Gasteiger partial charge in [0.25, 0.3) is 11.5 Å². The van der Waals surface area contributed by atoms with Crippen molar-refractivity contribution >= 4 is 23.2 Å². The van der Waals surface area contributed by atoms with Gasteiger partial charge in [-0.15, -0.1) is 0 Å². The Labute approximate surface area is 174 Å². The normalized spacial score (nSPS) is 11.2. The molecule has 2 aromatic carbocycles. The first-order valence-corrected chi connectivity index (χ1v) is 9.11. The van der Waals surface area contributed by atoms with Crippen molar-refractivity contribution < 1.29 is 22.8 Å². The van der Waals surface area contributed by atoms with Gasteiger partial charge >= 0.3 is 6.18 Å². The molecule has 1 heterocycles. The number of anilines is 1. The van der Waals surface area contributed by atoms with E-state index in [9.17, 15) is 22.8 Å². The summed E-state index contributed by atoms with van der Waals surface area (Å²) in [6.45, 7) is 1.98. The van der Waals surface area contributed by atoms with Crippen molar-refractivity contribution in [3.05, 3.63) is 98.4 Å². The van der Waals surface area contributed by atoms with Crippen LogP contribution in [0.3, 0.4) is 0 Å². The molecular formula is C21H16ClF3N2O3. The third-order valence-electron chi connectivity index (χ3n) is 4.15. The molecule has 0 spiro atoms. The fourth-order valence-electron chi connectivity index (χ4n) is 2.75. The average Bonchev–Trinajstić information content (AvgIpc) is 2.68. The molecule has 1 aromatic heterocycles. The van der Waals surface area contributed by atoms with Crippen molar-refractivity contribution in [1.82, 2.24) is 4.73 Å². The Morgan fingerprint density at radius 1 is 1.13 bits per heavy atom. The molecule has 0 atom stereocenters. The quantitative estimate of drug-likeness (QED) is 0.630. The van der Waals surface area contributed by atoms with Crippen LogP contribution in [-0.4, -0.2) is 10.6 Å². The Hall–Kier alpha value is -3.26. The maximum absolute atomic E-state index is 13.2. The number of halogens is 4. The number of amides is 1. The monoisotopic (exact) mass is 436 g/mol. The van der Waals surface area contributed by atoms with Crippen LogP contribution in [0.4, 0.5) is 18.9 Å². The first-order chi connectivity index (χ1) is 14.1. The second-order valence-electron chi connectivity index (χ2n) is 6.46. The topological polar surface area (TPSA) is 60.3 Å². The SMILES string of the molecule is Cc1cccc(COn2cccc(C(=O)Nc3ccc(Cl)cc3C(F)(F)F)c2=O)c1. The predicted molar refractivity (Wildman–Crippen MR) is 107 cm³/mol. The summed E-state index contributed by atoms with van der Waals surface area (Å²) in [5.74, 6) is -0.999. The molecule has 1 amide bonds. The minimum Gasteiger partial charge on any atom is -0.406 e. The molecule has 0 aliphatic heterocycles. The van der Waals surface area contributed by atoms with Crippen LogP contribution < -0.4 is 15.7 Å². The molecule has 3 aromatic rings. The summed E-state index contributed by atoms with van der Waals surface area (Å²) in [6.07, 6.45) is -3.42. The molecule has 0 radical (unpaired) electrons. The predicted octanol–water partition coefficient (Wildman–Crippen LogP) is 4.71. The number of hydrogen-bond donors (Lipinski definition) is 1. The van der Waals surface area contributed by atoms with Crippen molar-refractivity contribution in [2.24, 2.45) is 0 Å². The summed E-state index contributed by atoms with van der Waals surface area (Å²) < 4.78 is 40.5. The van der Waals surface area contributed by atoms with Crippen molar-refractivity contribution in [2.75, 3.05) is 5.32 Å². The van der Waals surface area contributed by atoms with Crippen LogP contribution in [0.15, 0.2) is 65.6 Å². The van der Waals surface area contributed by atoms with Crippen molar-refractivity contribution in [3.63, 3.8) is 0 Å². The van der Waals surface area contributed by atoms with Crippen LogP contribution in [0.25, 0.3) is 0 Å².